The lowest BCUT2D eigenvalue weighted by molar-refractivity contribution is -0.116. The number of hydrogen-bond donors (Lipinski definition) is 2. The van der Waals surface area contributed by atoms with Gasteiger partial charge >= 0.3 is 0 Å². The molecule has 11 heteroatoms. The lowest BCUT2D eigenvalue weighted by Crippen LogP contribution is -2.35. The number of nitrogens with zero attached hydrogens (tertiary/aromatic N) is 2. The second-order valence-corrected chi connectivity index (χ2v) is 10.3. The molecule has 3 rings (SSSR count). The minimum absolute atomic E-state index is 0.0900. The molecule has 0 saturated carbocycles. The molecule has 3 aromatic rings. The molecule has 2 aromatic carbocycles. The minimum atomic E-state index is -3.88. The topological polar surface area (TPSA) is 110 Å². The van der Waals surface area contributed by atoms with Gasteiger partial charge in [-0.25, -0.2) is 13.4 Å². The van der Waals surface area contributed by atoms with Crippen LogP contribution < -0.4 is 20.1 Å². The van der Waals surface area contributed by atoms with E-state index >= 15 is 0 Å². The Morgan fingerprint density at radius 2 is 1.91 bits per heavy atom. The number of sulfonamides is 1. The Balaban J connectivity index is 1.76. The summed E-state index contributed by atoms with van der Waals surface area (Å²) in [5, 5.41) is 8.42. The van der Waals surface area contributed by atoms with Gasteiger partial charge < -0.3 is 20.1 Å². The first-order valence-corrected chi connectivity index (χ1v) is 12.8. The van der Waals surface area contributed by atoms with Crippen molar-refractivity contribution in [2.75, 3.05) is 45.0 Å². The third kappa shape index (κ3) is 5.66. The number of aryl methyl sites for hydroxylation is 1. The van der Waals surface area contributed by atoms with Crippen molar-refractivity contribution in [2.45, 2.75) is 18.7 Å². The second-order valence-electron chi connectivity index (χ2n) is 7.37. The van der Waals surface area contributed by atoms with Crippen LogP contribution in [0.4, 0.5) is 10.8 Å². The zero-order chi connectivity index (χ0) is 24.9. The summed E-state index contributed by atoms with van der Waals surface area (Å²) in [5.74, 6) is 0.572. The Bertz CT molecular complexity index is 1270. The molecule has 9 nitrogen and oxygen atoms in total. The molecule has 0 spiro atoms. The van der Waals surface area contributed by atoms with Crippen LogP contribution in [0.1, 0.15) is 12.5 Å². The maximum absolute atomic E-state index is 13.0. The largest absolute Gasteiger partial charge is 0.495 e. The molecular weight excluding hydrogens is 476 g/mol. The number of nitrogens with one attached hydrogen (secondary N) is 2. The number of rotatable bonds is 10. The van der Waals surface area contributed by atoms with Crippen molar-refractivity contribution in [3.05, 3.63) is 47.3 Å². The fourth-order valence-corrected chi connectivity index (χ4v) is 5.14. The summed E-state index contributed by atoms with van der Waals surface area (Å²) in [7, 11) is 0.777. The average molecular weight is 505 g/mol. The highest BCUT2D eigenvalue weighted by Gasteiger charge is 2.24. The van der Waals surface area contributed by atoms with Gasteiger partial charge in [0.25, 0.3) is 0 Å². The molecule has 0 aliphatic carbocycles. The van der Waals surface area contributed by atoms with E-state index in [1.165, 1.54) is 37.6 Å². The van der Waals surface area contributed by atoms with E-state index in [0.29, 0.717) is 29.4 Å². The summed E-state index contributed by atoms with van der Waals surface area (Å²) in [6.07, 6.45) is 0. The van der Waals surface area contributed by atoms with Gasteiger partial charge in [-0.05, 0) is 55.8 Å². The summed E-state index contributed by atoms with van der Waals surface area (Å²) in [5.41, 5.74) is 2.66. The molecule has 0 atom stereocenters. The Hall–Kier alpha value is -3.15. The second kappa shape index (κ2) is 10.9. The first-order valence-electron chi connectivity index (χ1n) is 10.5. The maximum atomic E-state index is 13.0. The number of carbonyl (C=O) groups excluding carboxylic acids is 1. The van der Waals surface area contributed by atoms with Gasteiger partial charge in [0.1, 0.15) is 11.5 Å². The van der Waals surface area contributed by atoms with Crippen molar-refractivity contribution < 1.29 is 22.7 Å². The molecule has 0 aliphatic rings. The third-order valence-electron chi connectivity index (χ3n) is 5.01. The molecule has 1 amide bonds. The number of likely N-dealkylation sites (N-methyl/N-ethyl adjacent to an activating group) is 1. The number of anilines is 2. The van der Waals surface area contributed by atoms with Crippen LogP contribution in [0.15, 0.2) is 46.7 Å². The molecule has 0 unspecified atom stereocenters. The highest BCUT2D eigenvalue weighted by atomic mass is 32.2. The normalized spacial score (nSPS) is 11.4. The van der Waals surface area contributed by atoms with Crippen LogP contribution in [0.2, 0.25) is 0 Å². The van der Waals surface area contributed by atoms with Crippen molar-refractivity contribution in [1.82, 2.24) is 9.29 Å². The van der Waals surface area contributed by atoms with Crippen molar-refractivity contribution in [1.29, 1.82) is 0 Å². The summed E-state index contributed by atoms with van der Waals surface area (Å²) in [6, 6.07) is 9.94. The van der Waals surface area contributed by atoms with Crippen LogP contribution in [0.5, 0.6) is 11.5 Å². The molecule has 34 heavy (non-hydrogen) atoms. The van der Waals surface area contributed by atoms with E-state index in [2.05, 4.69) is 15.6 Å². The van der Waals surface area contributed by atoms with E-state index in [-0.39, 0.29) is 11.4 Å². The van der Waals surface area contributed by atoms with Crippen LogP contribution in [-0.4, -0.2) is 58.0 Å². The minimum Gasteiger partial charge on any atom is -0.495 e. The van der Waals surface area contributed by atoms with Gasteiger partial charge in [0.2, 0.25) is 15.9 Å². The SMILES string of the molecule is CCOc1ccc(S(=O)(=O)N(C)CC(=O)Nc2cc(-c3csc(NC)n3)ccc2OC)cc1C. The monoisotopic (exact) mass is 504 g/mol. The van der Waals surface area contributed by atoms with E-state index in [1.807, 2.05) is 18.4 Å². The van der Waals surface area contributed by atoms with E-state index in [0.717, 1.165) is 20.7 Å². The lowest BCUT2D eigenvalue weighted by Gasteiger charge is -2.18. The quantitative estimate of drug-likeness (QED) is 0.432. The molecule has 0 aliphatic heterocycles. The molecule has 0 radical (unpaired) electrons. The number of methoxy groups -OCH3 is 1. The van der Waals surface area contributed by atoms with Gasteiger partial charge in [0.05, 0.1) is 36.5 Å². The lowest BCUT2D eigenvalue weighted by atomic mass is 10.1. The van der Waals surface area contributed by atoms with Gasteiger partial charge in [-0.3, -0.25) is 4.79 Å². The fraction of sp³-hybridized carbons (Fsp3) is 0.304. The van der Waals surface area contributed by atoms with Gasteiger partial charge in [-0.1, -0.05) is 0 Å². The number of carbonyl (C=O) groups is 1. The van der Waals surface area contributed by atoms with E-state index < -0.39 is 15.9 Å². The predicted molar refractivity (Wildman–Crippen MR) is 134 cm³/mol. The van der Waals surface area contributed by atoms with Crippen LogP contribution in [0.25, 0.3) is 11.3 Å². The van der Waals surface area contributed by atoms with Crippen molar-refractivity contribution in [3.63, 3.8) is 0 Å². The fourth-order valence-electron chi connectivity index (χ4n) is 3.24. The number of amides is 1. The zero-order valence-electron chi connectivity index (χ0n) is 19.7. The smallest absolute Gasteiger partial charge is 0.243 e. The molecule has 0 bridgehead atoms. The standard InChI is InChI=1S/C23H28N4O5S2/c1-6-32-20-10-8-17(11-15(20)2)34(29,30)27(4)13-22(28)25-18-12-16(7-9-21(18)31-5)19-14-33-23(24-3)26-19/h7-12,14H,6,13H2,1-5H3,(H,24,26)(H,25,28). The Morgan fingerprint density at radius 1 is 1.18 bits per heavy atom. The third-order valence-corrected chi connectivity index (χ3v) is 7.67. The number of aromatic nitrogens is 1. The van der Waals surface area contributed by atoms with E-state index in [4.69, 9.17) is 9.47 Å². The molecular formula is C23H28N4O5S2. The van der Waals surface area contributed by atoms with Crippen molar-refractivity contribution >= 4 is 38.1 Å². The molecule has 2 N–H and O–H groups in total. The first kappa shape index (κ1) is 25.5. The molecule has 0 saturated heterocycles. The maximum Gasteiger partial charge on any atom is 0.243 e. The molecule has 1 heterocycles. The van der Waals surface area contributed by atoms with Gasteiger partial charge in [-0.15, -0.1) is 11.3 Å². The highest BCUT2D eigenvalue weighted by Crippen LogP contribution is 2.32. The van der Waals surface area contributed by atoms with Gasteiger partial charge in [0.15, 0.2) is 5.13 Å². The zero-order valence-corrected chi connectivity index (χ0v) is 21.3. The van der Waals surface area contributed by atoms with Crippen LogP contribution >= 0.6 is 11.3 Å². The first-order chi connectivity index (χ1) is 16.2. The van der Waals surface area contributed by atoms with Gasteiger partial charge in [-0.2, -0.15) is 4.31 Å². The summed E-state index contributed by atoms with van der Waals surface area (Å²) >= 11 is 1.47. The molecule has 1 aromatic heterocycles. The van der Waals surface area contributed by atoms with Crippen LogP contribution in [0, 0.1) is 6.92 Å². The Kier molecular flexibility index (Phi) is 8.13. The van der Waals surface area contributed by atoms with Crippen molar-refractivity contribution in [3.8, 4) is 22.8 Å². The molecule has 182 valence electrons. The van der Waals surface area contributed by atoms with Crippen LogP contribution in [-0.2, 0) is 14.8 Å². The average Bonchev–Trinajstić information content (AvgIpc) is 3.29. The summed E-state index contributed by atoms with van der Waals surface area (Å²) in [4.78, 5) is 17.3. The number of thiazole rings is 1. The number of benzene rings is 2. The summed E-state index contributed by atoms with van der Waals surface area (Å²) in [6.45, 7) is 3.74. The Labute approximate surface area is 203 Å². The number of ether oxygens (including phenoxy) is 2. The van der Waals surface area contributed by atoms with Crippen LogP contribution in [0.3, 0.4) is 0 Å². The predicted octanol–water partition coefficient (Wildman–Crippen LogP) is 3.83. The number of hydrogen-bond acceptors (Lipinski definition) is 8. The van der Waals surface area contributed by atoms with E-state index in [1.54, 1.807) is 32.2 Å². The Morgan fingerprint density at radius 3 is 2.53 bits per heavy atom. The summed E-state index contributed by atoms with van der Waals surface area (Å²) < 4.78 is 37.8. The highest BCUT2D eigenvalue weighted by molar-refractivity contribution is 7.89. The van der Waals surface area contributed by atoms with Crippen molar-refractivity contribution in [2.24, 2.45) is 0 Å². The van der Waals surface area contributed by atoms with Gasteiger partial charge in [0, 0.05) is 25.0 Å². The molecule has 0 fully saturated rings. The van der Waals surface area contributed by atoms with E-state index in [9.17, 15) is 13.2 Å².